The Morgan fingerprint density at radius 3 is 2.84 bits per heavy atom. The minimum absolute atomic E-state index is 0.480. The maximum atomic E-state index is 9.55. The molecule has 1 N–H and O–H groups in total. The number of benzene rings is 1. The molecule has 0 aliphatic carbocycles. The van der Waals surface area contributed by atoms with Gasteiger partial charge in [-0.05, 0) is 44.5 Å². The fourth-order valence-corrected chi connectivity index (χ4v) is 2.01. The highest BCUT2D eigenvalue weighted by atomic mass is 16.5. The standard InChI is InChI=1S/C15H20N2O2/c1-4-17-14(8-11(2)16-17)10-19-15-7-5-6-13(9-15)12(3)18/h5-9,12,18H,4,10H2,1-3H3/t12-/m1/s1. The van der Waals surface area contributed by atoms with Crippen molar-refractivity contribution in [3.05, 3.63) is 47.3 Å². The molecule has 0 aliphatic heterocycles. The van der Waals surface area contributed by atoms with Gasteiger partial charge >= 0.3 is 0 Å². The molecule has 102 valence electrons. The Hall–Kier alpha value is -1.81. The molecule has 0 radical (unpaired) electrons. The maximum absolute atomic E-state index is 9.55. The fraction of sp³-hybridized carbons (Fsp3) is 0.400. The molecule has 0 saturated heterocycles. The van der Waals surface area contributed by atoms with Crippen LogP contribution in [0.15, 0.2) is 30.3 Å². The second kappa shape index (κ2) is 5.89. The van der Waals surface area contributed by atoms with Gasteiger partial charge in [-0.1, -0.05) is 12.1 Å². The highest BCUT2D eigenvalue weighted by molar-refractivity contribution is 5.29. The highest BCUT2D eigenvalue weighted by Gasteiger charge is 2.06. The van der Waals surface area contributed by atoms with Crippen LogP contribution < -0.4 is 4.74 Å². The minimum atomic E-state index is -0.480. The number of rotatable bonds is 5. The quantitative estimate of drug-likeness (QED) is 0.899. The van der Waals surface area contributed by atoms with Gasteiger partial charge in [0.1, 0.15) is 12.4 Å². The average Bonchev–Trinajstić information content (AvgIpc) is 2.77. The summed E-state index contributed by atoms with van der Waals surface area (Å²) in [6.45, 7) is 7.10. The highest BCUT2D eigenvalue weighted by Crippen LogP contribution is 2.20. The summed E-state index contributed by atoms with van der Waals surface area (Å²) in [4.78, 5) is 0. The molecule has 0 unspecified atom stereocenters. The van der Waals surface area contributed by atoms with Crippen LogP contribution in [0, 0.1) is 6.92 Å². The lowest BCUT2D eigenvalue weighted by Gasteiger charge is -2.10. The van der Waals surface area contributed by atoms with Crippen molar-refractivity contribution < 1.29 is 9.84 Å². The van der Waals surface area contributed by atoms with E-state index in [4.69, 9.17) is 4.74 Å². The zero-order valence-corrected chi connectivity index (χ0v) is 11.6. The largest absolute Gasteiger partial charge is 0.487 e. The maximum Gasteiger partial charge on any atom is 0.130 e. The molecule has 1 atom stereocenters. The van der Waals surface area contributed by atoms with Crippen LogP contribution in [0.1, 0.15) is 36.9 Å². The molecule has 19 heavy (non-hydrogen) atoms. The number of aryl methyl sites for hydroxylation is 2. The zero-order chi connectivity index (χ0) is 13.8. The molecule has 1 aromatic carbocycles. The molecule has 4 nitrogen and oxygen atoms in total. The van der Waals surface area contributed by atoms with Gasteiger partial charge in [-0.15, -0.1) is 0 Å². The van der Waals surface area contributed by atoms with Crippen LogP contribution in [0.4, 0.5) is 0 Å². The molecule has 0 spiro atoms. The van der Waals surface area contributed by atoms with E-state index in [1.807, 2.05) is 41.9 Å². The third-order valence-electron chi connectivity index (χ3n) is 3.01. The third-order valence-corrected chi connectivity index (χ3v) is 3.01. The van der Waals surface area contributed by atoms with E-state index in [9.17, 15) is 5.11 Å². The van der Waals surface area contributed by atoms with Crippen LogP contribution in [0.3, 0.4) is 0 Å². The van der Waals surface area contributed by atoms with Gasteiger partial charge in [-0.3, -0.25) is 4.68 Å². The van der Waals surface area contributed by atoms with E-state index < -0.39 is 6.10 Å². The number of ether oxygens (including phenoxy) is 1. The SMILES string of the molecule is CCn1nc(C)cc1COc1cccc([C@@H](C)O)c1. The summed E-state index contributed by atoms with van der Waals surface area (Å²) in [5, 5.41) is 13.9. The van der Waals surface area contributed by atoms with Crippen molar-refractivity contribution in [3.63, 3.8) is 0 Å². The molecule has 0 amide bonds. The predicted molar refractivity (Wildman–Crippen MR) is 74.0 cm³/mol. The number of aliphatic hydroxyl groups is 1. The minimum Gasteiger partial charge on any atom is -0.487 e. The van der Waals surface area contributed by atoms with Gasteiger partial charge in [0.15, 0.2) is 0 Å². The summed E-state index contributed by atoms with van der Waals surface area (Å²) in [6.07, 6.45) is -0.480. The van der Waals surface area contributed by atoms with Crippen molar-refractivity contribution in [2.75, 3.05) is 0 Å². The molecule has 1 heterocycles. The number of hydrogen-bond donors (Lipinski definition) is 1. The van der Waals surface area contributed by atoms with E-state index >= 15 is 0 Å². The third kappa shape index (κ3) is 3.35. The van der Waals surface area contributed by atoms with Crippen LogP contribution in [0.2, 0.25) is 0 Å². The Morgan fingerprint density at radius 1 is 1.37 bits per heavy atom. The van der Waals surface area contributed by atoms with E-state index in [2.05, 4.69) is 12.0 Å². The van der Waals surface area contributed by atoms with Gasteiger partial charge in [0.25, 0.3) is 0 Å². The Labute approximate surface area is 113 Å². The van der Waals surface area contributed by atoms with Gasteiger partial charge in [-0.2, -0.15) is 5.10 Å². The van der Waals surface area contributed by atoms with Crippen LogP contribution >= 0.6 is 0 Å². The molecule has 0 fully saturated rings. The number of nitrogens with zero attached hydrogens (tertiary/aromatic N) is 2. The lowest BCUT2D eigenvalue weighted by molar-refractivity contribution is 0.198. The van der Waals surface area contributed by atoms with E-state index in [-0.39, 0.29) is 0 Å². The topological polar surface area (TPSA) is 47.3 Å². The molecule has 0 aliphatic rings. The summed E-state index contributed by atoms with van der Waals surface area (Å²) in [5.74, 6) is 0.764. The molecule has 0 saturated carbocycles. The van der Waals surface area contributed by atoms with Crippen molar-refractivity contribution >= 4 is 0 Å². The Kier molecular flexibility index (Phi) is 4.22. The van der Waals surface area contributed by atoms with Crippen LogP contribution in [0.25, 0.3) is 0 Å². The summed E-state index contributed by atoms with van der Waals surface area (Å²) in [7, 11) is 0. The molecule has 2 aromatic rings. The summed E-state index contributed by atoms with van der Waals surface area (Å²) in [5.41, 5.74) is 2.92. The summed E-state index contributed by atoms with van der Waals surface area (Å²) >= 11 is 0. The number of hydrogen-bond acceptors (Lipinski definition) is 3. The molecular weight excluding hydrogens is 240 g/mol. The van der Waals surface area contributed by atoms with Crippen molar-refractivity contribution in [2.45, 2.75) is 40.0 Å². The molecular formula is C15H20N2O2. The first-order valence-electron chi connectivity index (χ1n) is 6.54. The van der Waals surface area contributed by atoms with Gasteiger partial charge in [0.2, 0.25) is 0 Å². The van der Waals surface area contributed by atoms with Gasteiger partial charge < -0.3 is 9.84 Å². The van der Waals surface area contributed by atoms with Crippen LogP contribution in [0.5, 0.6) is 5.75 Å². The number of aromatic nitrogens is 2. The second-order valence-corrected chi connectivity index (χ2v) is 4.63. The van der Waals surface area contributed by atoms with Crippen molar-refractivity contribution in [1.29, 1.82) is 0 Å². The van der Waals surface area contributed by atoms with Crippen molar-refractivity contribution in [1.82, 2.24) is 9.78 Å². The smallest absolute Gasteiger partial charge is 0.130 e. The van der Waals surface area contributed by atoms with Crippen LogP contribution in [-0.4, -0.2) is 14.9 Å². The number of aliphatic hydroxyl groups excluding tert-OH is 1. The zero-order valence-electron chi connectivity index (χ0n) is 11.6. The van der Waals surface area contributed by atoms with E-state index in [1.165, 1.54) is 0 Å². The van der Waals surface area contributed by atoms with Crippen molar-refractivity contribution in [3.8, 4) is 5.75 Å². The van der Waals surface area contributed by atoms with Gasteiger partial charge in [0.05, 0.1) is 17.5 Å². The Bertz CT molecular complexity index is 547. The Balaban J connectivity index is 2.07. The Morgan fingerprint density at radius 2 is 2.16 bits per heavy atom. The van der Waals surface area contributed by atoms with Crippen molar-refractivity contribution in [2.24, 2.45) is 0 Å². The predicted octanol–water partition coefficient (Wildman–Crippen LogP) is 2.84. The normalized spacial score (nSPS) is 12.4. The average molecular weight is 260 g/mol. The fourth-order valence-electron chi connectivity index (χ4n) is 2.01. The molecule has 1 aromatic heterocycles. The molecule has 0 bridgehead atoms. The first-order chi connectivity index (χ1) is 9.10. The molecule has 2 rings (SSSR count). The van der Waals surface area contributed by atoms with Crippen LogP contribution in [-0.2, 0) is 13.2 Å². The first kappa shape index (κ1) is 13.6. The van der Waals surface area contributed by atoms with Gasteiger partial charge in [-0.25, -0.2) is 0 Å². The second-order valence-electron chi connectivity index (χ2n) is 4.63. The lowest BCUT2D eigenvalue weighted by atomic mass is 10.1. The molecule has 4 heteroatoms. The lowest BCUT2D eigenvalue weighted by Crippen LogP contribution is -2.06. The summed E-state index contributed by atoms with van der Waals surface area (Å²) in [6, 6.07) is 9.56. The summed E-state index contributed by atoms with van der Waals surface area (Å²) < 4.78 is 7.71. The van der Waals surface area contributed by atoms with E-state index in [0.717, 1.165) is 29.2 Å². The first-order valence-corrected chi connectivity index (χ1v) is 6.54. The van der Waals surface area contributed by atoms with E-state index in [0.29, 0.717) is 6.61 Å². The monoisotopic (exact) mass is 260 g/mol. The van der Waals surface area contributed by atoms with Gasteiger partial charge in [0, 0.05) is 6.54 Å². The van der Waals surface area contributed by atoms with E-state index in [1.54, 1.807) is 6.92 Å².